The van der Waals surface area contributed by atoms with Crippen LogP contribution in [0.15, 0.2) is 24.3 Å². The van der Waals surface area contributed by atoms with Crippen molar-refractivity contribution in [1.82, 2.24) is 5.54 Å². The fourth-order valence-electron chi connectivity index (χ4n) is 0.843. The van der Waals surface area contributed by atoms with Crippen LogP contribution in [0, 0.1) is 5.82 Å². The zero-order chi connectivity index (χ0) is 8.10. The molecule has 11 heavy (non-hydrogen) atoms. The van der Waals surface area contributed by atoms with E-state index in [4.69, 9.17) is 0 Å². The van der Waals surface area contributed by atoms with Gasteiger partial charge in [0.25, 0.3) is 0 Å². The number of nitrogens with one attached hydrogen (secondary N) is 1. The Bertz CT molecular complexity index is 208. The molecule has 0 atom stereocenters. The maximum absolute atomic E-state index is 12.3. The van der Waals surface area contributed by atoms with Crippen molar-refractivity contribution in [3.63, 3.8) is 0 Å². The molecule has 0 heterocycles. The summed E-state index contributed by atoms with van der Waals surface area (Å²) < 4.78 is 23.8. The van der Waals surface area contributed by atoms with Crippen LogP contribution in [0.2, 0.25) is 0 Å². The van der Waals surface area contributed by atoms with E-state index >= 15 is 0 Å². The van der Waals surface area contributed by atoms with Gasteiger partial charge in [-0.2, -0.15) is 5.54 Å². The molecule has 0 saturated heterocycles. The first-order valence-electron chi connectivity index (χ1n) is 3.41. The Morgan fingerprint density at radius 1 is 1.18 bits per heavy atom. The Balaban J connectivity index is 2.52. The van der Waals surface area contributed by atoms with Crippen molar-refractivity contribution in [3.05, 3.63) is 35.6 Å². The third-order valence-electron chi connectivity index (χ3n) is 1.42. The fraction of sp³-hybridized carbons (Fsp3) is 0.250. The second-order valence-electron chi connectivity index (χ2n) is 2.26. The second-order valence-corrected chi connectivity index (χ2v) is 2.26. The van der Waals surface area contributed by atoms with E-state index in [2.05, 4.69) is 0 Å². The standard InChI is InChI=1S/C8H9F2N/c9-8-3-1-7(2-4-8)5-6-11-10/h1-4,11H,5-6H2. The molecule has 0 aliphatic carbocycles. The molecule has 3 heteroatoms. The molecule has 0 aliphatic heterocycles. The predicted octanol–water partition coefficient (Wildman–Crippen LogP) is 1.84. The van der Waals surface area contributed by atoms with Crippen molar-refractivity contribution in [2.75, 3.05) is 6.54 Å². The molecular weight excluding hydrogens is 148 g/mol. The minimum absolute atomic E-state index is 0.262. The SMILES string of the molecule is FNCCc1ccc(F)cc1. The highest BCUT2D eigenvalue weighted by Crippen LogP contribution is 2.02. The lowest BCUT2D eigenvalue weighted by Gasteiger charge is -1.97. The molecule has 60 valence electrons. The third-order valence-corrected chi connectivity index (χ3v) is 1.42. The first kappa shape index (κ1) is 8.14. The van der Waals surface area contributed by atoms with Crippen LogP contribution >= 0.6 is 0 Å². The molecule has 1 aromatic carbocycles. The number of hydrogen-bond donors (Lipinski definition) is 1. The molecular formula is C8H9F2N. The van der Waals surface area contributed by atoms with Gasteiger partial charge in [0.05, 0.1) is 0 Å². The van der Waals surface area contributed by atoms with Crippen LogP contribution in [0.1, 0.15) is 5.56 Å². The van der Waals surface area contributed by atoms with Crippen molar-refractivity contribution in [1.29, 1.82) is 0 Å². The van der Waals surface area contributed by atoms with E-state index in [1.807, 2.05) is 0 Å². The minimum atomic E-state index is -0.262. The van der Waals surface area contributed by atoms with Crippen molar-refractivity contribution < 1.29 is 8.87 Å². The second kappa shape index (κ2) is 4.03. The van der Waals surface area contributed by atoms with Crippen LogP contribution in [0.4, 0.5) is 8.87 Å². The maximum atomic E-state index is 12.3. The molecule has 0 saturated carbocycles. The van der Waals surface area contributed by atoms with E-state index in [0.717, 1.165) is 5.56 Å². The van der Waals surface area contributed by atoms with Crippen molar-refractivity contribution in [3.8, 4) is 0 Å². The third kappa shape index (κ3) is 2.63. The number of halogens is 2. The summed E-state index contributed by atoms with van der Waals surface area (Å²) in [6, 6.07) is 6.03. The van der Waals surface area contributed by atoms with E-state index < -0.39 is 0 Å². The van der Waals surface area contributed by atoms with Crippen molar-refractivity contribution >= 4 is 0 Å². The zero-order valence-corrected chi connectivity index (χ0v) is 5.98. The molecule has 0 bridgehead atoms. The largest absolute Gasteiger partial charge is 0.207 e. The van der Waals surface area contributed by atoms with Gasteiger partial charge in [0.1, 0.15) is 5.82 Å². The molecule has 0 fully saturated rings. The number of rotatable bonds is 3. The number of benzene rings is 1. The topological polar surface area (TPSA) is 12.0 Å². The van der Waals surface area contributed by atoms with Crippen LogP contribution in [0.5, 0.6) is 0 Å². The molecule has 1 rings (SSSR count). The van der Waals surface area contributed by atoms with Crippen LogP contribution in [0.25, 0.3) is 0 Å². The summed E-state index contributed by atoms with van der Waals surface area (Å²) in [7, 11) is 0. The molecule has 0 aliphatic rings. The van der Waals surface area contributed by atoms with E-state index in [0.29, 0.717) is 6.42 Å². The lowest BCUT2D eigenvalue weighted by atomic mass is 10.1. The molecule has 1 nitrogen and oxygen atoms in total. The summed E-state index contributed by atoms with van der Waals surface area (Å²) in [6.07, 6.45) is 0.580. The first-order valence-corrected chi connectivity index (χ1v) is 3.41. The fourth-order valence-corrected chi connectivity index (χ4v) is 0.843. The Kier molecular flexibility index (Phi) is 2.98. The summed E-state index contributed by atoms with van der Waals surface area (Å²) in [5.74, 6) is -0.262. The lowest BCUT2D eigenvalue weighted by molar-refractivity contribution is 0.337. The Hall–Kier alpha value is -0.960. The van der Waals surface area contributed by atoms with Crippen LogP contribution in [-0.2, 0) is 6.42 Å². The average molecular weight is 157 g/mol. The van der Waals surface area contributed by atoms with Gasteiger partial charge in [-0.3, -0.25) is 0 Å². The highest BCUT2D eigenvalue weighted by atomic mass is 19.2. The number of hydrogen-bond acceptors (Lipinski definition) is 1. The van der Waals surface area contributed by atoms with Crippen molar-refractivity contribution in [2.24, 2.45) is 0 Å². The van der Waals surface area contributed by atoms with Gasteiger partial charge in [-0.05, 0) is 24.1 Å². The summed E-state index contributed by atoms with van der Waals surface area (Å²) >= 11 is 0. The lowest BCUT2D eigenvalue weighted by Crippen LogP contribution is -2.05. The van der Waals surface area contributed by atoms with Crippen LogP contribution in [0.3, 0.4) is 0 Å². The smallest absolute Gasteiger partial charge is 0.123 e. The summed E-state index contributed by atoms with van der Waals surface area (Å²) in [5.41, 5.74) is 2.46. The summed E-state index contributed by atoms with van der Waals surface area (Å²) in [6.45, 7) is 0.269. The predicted molar refractivity (Wildman–Crippen MR) is 39.2 cm³/mol. The normalized spacial score (nSPS) is 10.0. The highest BCUT2D eigenvalue weighted by molar-refractivity contribution is 5.16. The van der Waals surface area contributed by atoms with E-state index in [9.17, 15) is 8.87 Å². The quantitative estimate of drug-likeness (QED) is 0.660. The highest BCUT2D eigenvalue weighted by Gasteiger charge is 1.92. The van der Waals surface area contributed by atoms with Gasteiger partial charge in [0, 0.05) is 6.54 Å². The molecule has 0 amide bonds. The first-order chi connectivity index (χ1) is 5.33. The summed E-state index contributed by atoms with van der Waals surface area (Å²) in [4.78, 5) is 0. The Labute approximate surface area is 64.0 Å². The van der Waals surface area contributed by atoms with Gasteiger partial charge < -0.3 is 0 Å². The zero-order valence-electron chi connectivity index (χ0n) is 5.98. The minimum Gasteiger partial charge on any atom is -0.207 e. The molecule has 1 aromatic rings. The van der Waals surface area contributed by atoms with Crippen molar-refractivity contribution in [2.45, 2.75) is 6.42 Å². The van der Waals surface area contributed by atoms with Gasteiger partial charge in [-0.25, -0.2) is 4.39 Å². The molecule has 0 aromatic heterocycles. The van der Waals surface area contributed by atoms with Gasteiger partial charge in [-0.15, -0.1) is 4.48 Å². The van der Waals surface area contributed by atoms with Crippen LogP contribution < -0.4 is 5.54 Å². The average Bonchev–Trinajstić information content (AvgIpc) is 2.04. The van der Waals surface area contributed by atoms with Gasteiger partial charge in [-0.1, -0.05) is 12.1 Å². The van der Waals surface area contributed by atoms with Gasteiger partial charge >= 0.3 is 0 Å². The molecule has 0 spiro atoms. The van der Waals surface area contributed by atoms with E-state index in [-0.39, 0.29) is 12.4 Å². The Morgan fingerprint density at radius 3 is 2.36 bits per heavy atom. The molecule has 0 unspecified atom stereocenters. The van der Waals surface area contributed by atoms with Gasteiger partial charge in [0.2, 0.25) is 0 Å². The van der Waals surface area contributed by atoms with Gasteiger partial charge in [0.15, 0.2) is 0 Å². The monoisotopic (exact) mass is 157 g/mol. The Morgan fingerprint density at radius 2 is 1.82 bits per heavy atom. The van der Waals surface area contributed by atoms with E-state index in [1.54, 1.807) is 12.1 Å². The summed E-state index contributed by atoms with van der Waals surface area (Å²) in [5, 5.41) is 0. The maximum Gasteiger partial charge on any atom is 0.123 e. The molecule has 1 N–H and O–H groups in total. The van der Waals surface area contributed by atoms with Crippen LogP contribution in [-0.4, -0.2) is 6.54 Å². The molecule has 0 radical (unpaired) electrons. The van der Waals surface area contributed by atoms with E-state index in [1.165, 1.54) is 17.7 Å².